The first-order valence-corrected chi connectivity index (χ1v) is 8.68. The van der Waals surface area contributed by atoms with Gasteiger partial charge in [-0.3, -0.25) is 0 Å². The van der Waals surface area contributed by atoms with Crippen LogP contribution in [0.4, 0.5) is 11.5 Å². The fourth-order valence-corrected chi connectivity index (χ4v) is 3.73. The number of hydrogen-bond donors (Lipinski definition) is 1. The van der Waals surface area contributed by atoms with Gasteiger partial charge in [0.05, 0.1) is 5.52 Å². The van der Waals surface area contributed by atoms with E-state index in [1.807, 2.05) is 0 Å². The molecule has 0 bridgehead atoms. The second-order valence-corrected chi connectivity index (χ2v) is 6.56. The quantitative estimate of drug-likeness (QED) is 0.466. The largest absolute Gasteiger partial charge is 0.340 e. The fraction of sp³-hybridized carbons (Fsp3) is 0.0870. The number of rotatable bonds is 2. The number of pyridine rings is 1. The summed E-state index contributed by atoms with van der Waals surface area (Å²) in [5.41, 5.74) is 7.60. The third-order valence-electron chi connectivity index (χ3n) is 4.97. The molecule has 0 unspecified atom stereocenters. The molecule has 120 valence electrons. The van der Waals surface area contributed by atoms with Crippen LogP contribution in [0.2, 0.25) is 0 Å². The Morgan fingerprint density at radius 1 is 0.800 bits per heavy atom. The lowest BCUT2D eigenvalue weighted by Crippen LogP contribution is -2.12. The minimum atomic E-state index is 0.927. The van der Waals surface area contributed by atoms with E-state index in [2.05, 4.69) is 84.2 Å². The maximum atomic E-state index is 4.91. The van der Waals surface area contributed by atoms with Crippen molar-refractivity contribution in [3.8, 4) is 0 Å². The molecule has 1 aliphatic heterocycles. The van der Waals surface area contributed by atoms with E-state index in [4.69, 9.17) is 4.98 Å². The van der Waals surface area contributed by atoms with Crippen LogP contribution in [-0.2, 0) is 12.8 Å². The van der Waals surface area contributed by atoms with Gasteiger partial charge < -0.3 is 5.32 Å². The number of anilines is 2. The molecule has 3 aromatic carbocycles. The van der Waals surface area contributed by atoms with Gasteiger partial charge in [0, 0.05) is 23.1 Å². The number of para-hydroxylation sites is 2. The highest BCUT2D eigenvalue weighted by Crippen LogP contribution is 2.37. The average Bonchev–Trinajstić information content (AvgIpc) is 2.67. The molecule has 0 saturated carbocycles. The summed E-state index contributed by atoms with van der Waals surface area (Å²) < 4.78 is 0. The minimum Gasteiger partial charge on any atom is -0.340 e. The molecule has 4 aromatic rings. The lowest BCUT2D eigenvalue weighted by molar-refractivity contribution is 1.06. The van der Waals surface area contributed by atoms with Gasteiger partial charge in [0.2, 0.25) is 0 Å². The van der Waals surface area contributed by atoms with Crippen molar-refractivity contribution in [2.75, 3.05) is 5.32 Å². The molecule has 2 nitrogen and oxygen atoms in total. The number of benzene rings is 3. The molecule has 0 fully saturated rings. The predicted octanol–water partition coefficient (Wildman–Crippen LogP) is 5.47. The fourth-order valence-electron chi connectivity index (χ4n) is 3.73. The van der Waals surface area contributed by atoms with Gasteiger partial charge in [0.15, 0.2) is 0 Å². The average molecular weight is 322 g/mol. The SMILES string of the molecule is c1ccc(Cc2c3c(nc4ccccc24)Nc2ccccc2C3)cc1. The van der Waals surface area contributed by atoms with Gasteiger partial charge in [-0.25, -0.2) is 4.98 Å². The van der Waals surface area contributed by atoms with Crippen LogP contribution < -0.4 is 5.32 Å². The molecule has 2 heterocycles. The zero-order chi connectivity index (χ0) is 16.6. The van der Waals surface area contributed by atoms with Crippen molar-refractivity contribution in [2.24, 2.45) is 0 Å². The van der Waals surface area contributed by atoms with Crippen LogP contribution in [0.5, 0.6) is 0 Å². The van der Waals surface area contributed by atoms with E-state index in [0.717, 1.165) is 24.2 Å². The molecular weight excluding hydrogens is 304 g/mol. The number of nitrogens with one attached hydrogen (secondary N) is 1. The Bertz CT molecular complexity index is 1070. The summed E-state index contributed by atoms with van der Waals surface area (Å²) in [7, 11) is 0. The van der Waals surface area contributed by atoms with E-state index in [0.29, 0.717) is 0 Å². The number of hydrogen-bond acceptors (Lipinski definition) is 2. The first-order chi connectivity index (χ1) is 12.4. The second kappa shape index (κ2) is 5.75. The first kappa shape index (κ1) is 14.2. The summed E-state index contributed by atoms with van der Waals surface area (Å²) >= 11 is 0. The van der Waals surface area contributed by atoms with Crippen molar-refractivity contribution in [1.29, 1.82) is 0 Å². The zero-order valence-corrected chi connectivity index (χ0v) is 13.9. The molecule has 0 amide bonds. The lowest BCUT2D eigenvalue weighted by atomic mass is 9.90. The molecule has 25 heavy (non-hydrogen) atoms. The van der Waals surface area contributed by atoms with Gasteiger partial charge in [0.1, 0.15) is 5.82 Å². The summed E-state index contributed by atoms with van der Waals surface area (Å²) in [6.07, 6.45) is 1.86. The summed E-state index contributed by atoms with van der Waals surface area (Å²) in [5.74, 6) is 1.00. The summed E-state index contributed by atoms with van der Waals surface area (Å²) in [6, 6.07) is 27.7. The number of nitrogens with zero attached hydrogens (tertiary/aromatic N) is 1. The molecule has 2 heteroatoms. The Morgan fingerprint density at radius 3 is 2.48 bits per heavy atom. The monoisotopic (exact) mass is 322 g/mol. The lowest BCUT2D eigenvalue weighted by Gasteiger charge is -2.24. The Morgan fingerprint density at radius 2 is 1.56 bits per heavy atom. The highest BCUT2D eigenvalue weighted by atomic mass is 15.0. The van der Waals surface area contributed by atoms with Crippen molar-refractivity contribution in [2.45, 2.75) is 12.8 Å². The molecule has 0 saturated heterocycles. The minimum absolute atomic E-state index is 0.927. The van der Waals surface area contributed by atoms with E-state index in [-0.39, 0.29) is 0 Å². The van der Waals surface area contributed by atoms with Crippen molar-refractivity contribution in [3.63, 3.8) is 0 Å². The van der Waals surface area contributed by atoms with E-state index in [1.165, 1.54) is 33.3 Å². The molecular formula is C23H18N2. The Hall–Kier alpha value is -3.13. The van der Waals surface area contributed by atoms with Gasteiger partial charge in [-0.1, -0.05) is 66.7 Å². The molecule has 1 aromatic heterocycles. The van der Waals surface area contributed by atoms with Crippen LogP contribution in [0, 0.1) is 0 Å². The van der Waals surface area contributed by atoms with E-state index in [1.54, 1.807) is 0 Å². The molecule has 0 aliphatic carbocycles. The van der Waals surface area contributed by atoms with Gasteiger partial charge in [-0.15, -0.1) is 0 Å². The normalized spacial score (nSPS) is 12.3. The smallest absolute Gasteiger partial charge is 0.134 e. The molecule has 5 rings (SSSR count). The van der Waals surface area contributed by atoms with Gasteiger partial charge >= 0.3 is 0 Å². The molecule has 0 atom stereocenters. The molecule has 0 spiro atoms. The van der Waals surface area contributed by atoms with E-state index in [9.17, 15) is 0 Å². The Labute approximate surface area is 147 Å². The Balaban J connectivity index is 1.72. The number of aromatic nitrogens is 1. The van der Waals surface area contributed by atoms with Crippen LogP contribution in [0.25, 0.3) is 10.9 Å². The van der Waals surface area contributed by atoms with Crippen LogP contribution >= 0.6 is 0 Å². The maximum absolute atomic E-state index is 4.91. The van der Waals surface area contributed by atoms with Crippen LogP contribution in [-0.4, -0.2) is 4.98 Å². The summed E-state index contributed by atoms with van der Waals surface area (Å²) in [4.78, 5) is 4.91. The van der Waals surface area contributed by atoms with Gasteiger partial charge in [0.25, 0.3) is 0 Å². The zero-order valence-electron chi connectivity index (χ0n) is 13.9. The Kier molecular flexibility index (Phi) is 3.27. The topological polar surface area (TPSA) is 24.9 Å². The van der Waals surface area contributed by atoms with Crippen molar-refractivity contribution < 1.29 is 0 Å². The summed E-state index contributed by atoms with van der Waals surface area (Å²) in [5, 5.41) is 4.80. The van der Waals surface area contributed by atoms with Gasteiger partial charge in [-0.05, 0) is 35.2 Å². The van der Waals surface area contributed by atoms with Crippen molar-refractivity contribution in [3.05, 3.63) is 101 Å². The molecule has 1 aliphatic rings. The molecule has 0 radical (unpaired) electrons. The van der Waals surface area contributed by atoms with Crippen LogP contribution in [0.3, 0.4) is 0 Å². The predicted molar refractivity (Wildman–Crippen MR) is 104 cm³/mol. The van der Waals surface area contributed by atoms with E-state index >= 15 is 0 Å². The highest BCUT2D eigenvalue weighted by molar-refractivity contribution is 5.88. The maximum Gasteiger partial charge on any atom is 0.134 e. The van der Waals surface area contributed by atoms with Crippen LogP contribution in [0.15, 0.2) is 78.9 Å². The van der Waals surface area contributed by atoms with E-state index < -0.39 is 0 Å². The number of fused-ring (bicyclic) bond motifs is 3. The van der Waals surface area contributed by atoms with Gasteiger partial charge in [-0.2, -0.15) is 0 Å². The first-order valence-electron chi connectivity index (χ1n) is 8.68. The third-order valence-corrected chi connectivity index (χ3v) is 4.97. The highest BCUT2D eigenvalue weighted by Gasteiger charge is 2.21. The van der Waals surface area contributed by atoms with Crippen LogP contribution in [0.1, 0.15) is 22.3 Å². The molecule has 1 N–H and O–H groups in total. The van der Waals surface area contributed by atoms with Crippen molar-refractivity contribution >= 4 is 22.4 Å². The van der Waals surface area contributed by atoms with Crippen molar-refractivity contribution in [1.82, 2.24) is 4.98 Å². The standard InChI is InChI=1S/C23H18N2/c1-2-8-16(9-3-1)14-19-18-11-5-7-13-22(18)25-23-20(19)15-17-10-4-6-12-21(17)24-23/h1-13H,14-15H2,(H,24,25). The summed E-state index contributed by atoms with van der Waals surface area (Å²) in [6.45, 7) is 0. The second-order valence-electron chi connectivity index (χ2n) is 6.56. The third kappa shape index (κ3) is 2.47.